The molecule has 0 atom stereocenters. The van der Waals surface area contributed by atoms with Gasteiger partial charge in [0.25, 0.3) is 5.91 Å². The molecule has 1 aliphatic heterocycles. The Morgan fingerprint density at radius 1 is 0.971 bits per heavy atom. The Labute approximate surface area is 202 Å². The van der Waals surface area contributed by atoms with Crippen molar-refractivity contribution >= 4 is 23.7 Å². The van der Waals surface area contributed by atoms with Crippen LogP contribution in [0.4, 0.5) is 10.5 Å². The van der Waals surface area contributed by atoms with Gasteiger partial charge in [0.2, 0.25) is 0 Å². The fourth-order valence-electron chi connectivity index (χ4n) is 4.75. The molecule has 8 heteroatoms. The zero-order valence-electron chi connectivity index (χ0n) is 19.0. The summed E-state index contributed by atoms with van der Waals surface area (Å²) in [6.07, 6.45) is 1.52. The van der Waals surface area contributed by atoms with Gasteiger partial charge in [-0.25, -0.2) is 9.78 Å². The number of benzene rings is 2. The maximum atomic E-state index is 12.5. The molecule has 1 aromatic heterocycles. The highest BCUT2D eigenvalue weighted by molar-refractivity contribution is 5.93. The highest BCUT2D eigenvalue weighted by atomic mass is 16.5. The van der Waals surface area contributed by atoms with Crippen LogP contribution in [0, 0.1) is 5.92 Å². The molecule has 3 aromatic rings. The van der Waals surface area contributed by atoms with E-state index < -0.39 is 12.1 Å². The van der Waals surface area contributed by atoms with Crippen LogP contribution in [0.2, 0.25) is 0 Å². The molecule has 0 bridgehead atoms. The number of nitrogens with one attached hydrogen (secondary N) is 1. The van der Waals surface area contributed by atoms with E-state index in [1.165, 1.54) is 6.20 Å². The quantitative estimate of drug-likeness (QED) is 0.529. The van der Waals surface area contributed by atoms with E-state index in [-0.39, 0.29) is 36.5 Å². The maximum absolute atomic E-state index is 12.5. The molecule has 2 aliphatic rings. The molecule has 2 heterocycles. The molecule has 1 aliphatic carbocycles. The number of carboxylic acids is 1. The highest BCUT2D eigenvalue weighted by Gasteiger charge is 2.32. The molecular weight excluding hydrogens is 446 g/mol. The van der Waals surface area contributed by atoms with Crippen molar-refractivity contribution in [2.75, 3.05) is 25.0 Å². The van der Waals surface area contributed by atoms with Crippen LogP contribution < -0.4 is 5.32 Å². The Bertz CT molecular complexity index is 1220. The molecule has 0 unspecified atom stereocenters. The monoisotopic (exact) mass is 471 g/mol. The summed E-state index contributed by atoms with van der Waals surface area (Å²) < 4.78 is 5.54. The van der Waals surface area contributed by atoms with Crippen molar-refractivity contribution in [3.8, 4) is 11.1 Å². The predicted octanol–water partition coefficient (Wildman–Crippen LogP) is 4.38. The largest absolute Gasteiger partial charge is 0.481 e. The van der Waals surface area contributed by atoms with Crippen molar-refractivity contribution in [2.45, 2.75) is 18.8 Å². The molecule has 0 saturated carbocycles. The minimum Gasteiger partial charge on any atom is -0.481 e. The third kappa shape index (κ3) is 4.73. The summed E-state index contributed by atoms with van der Waals surface area (Å²) in [5.74, 6) is -0.841. The van der Waals surface area contributed by atoms with Crippen molar-refractivity contribution < 1.29 is 24.2 Å². The van der Waals surface area contributed by atoms with Crippen molar-refractivity contribution in [1.82, 2.24) is 9.88 Å². The first-order chi connectivity index (χ1) is 17.0. The van der Waals surface area contributed by atoms with Crippen LogP contribution in [0.5, 0.6) is 0 Å². The van der Waals surface area contributed by atoms with E-state index in [0.717, 1.165) is 22.3 Å². The first kappa shape index (κ1) is 22.6. The molecule has 8 nitrogen and oxygen atoms in total. The highest BCUT2D eigenvalue weighted by Crippen LogP contribution is 2.44. The molecule has 1 saturated heterocycles. The molecule has 2 aromatic carbocycles. The van der Waals surface area contributed by atoms with Gasteiger partial charge in [0.1, 0.15) is 12.3 Å². The topological polar surface area (TPSA) is 109 Å². The number of aliphatic carboxylic acids is 1. The van der Waals surface area contributed by atoms with Gasteiger partial charge in [0.15, 0.2) is 0 Å². The van der Waals surface area contributed by atoms with Gasteiger partial charge >= 0.3 is 12.1 Å². The lowest BCUT2D eigenvalue weighted by atomic mass is 9.94. The van der Waals surface area contributed by atoms with E-state index in [2.05, 4.69) is 34.6 Å². The number of hydrogen-bond acceptors (Lipinski definition) is 5. The number of ether oxygens (including phenoxy) is 1. The number of nitrogens with zero attached hydrogens (tertiary/aromatic N) is 2. The van der Waals surface area contributed by atoms with Crippen LogP contribution >= 0.6 is 0 Å². The summed E-state index contributed by atoms with van der Waals surface area (Å²) in [4.78, 5) is 41.5. The molecular formula is C27H25N3O5. The molecule has 5 rings (SSSR count). The predicted molar refractivity (Wildman–Crippen MR) is 129 cm³/mol. The van der Waals surface area contributed by atoms with Gasteiger partial charge in [-0.05, 0) is 46.7 Å². The van der Waals surface area contributed by atoms with Gasteiger partial charge < -0.3 is 14.7 Å². The van der Waals surface area contributed by atoms with Crippen LogP contribution in [-0.2, 0) is 9.53 Å². The van der Waals surface area contributed by atoms with Crippen molar-refractivity contribution in [2.24, 2.45) is 5.92 Å². The van der Waals surface area contributed by atoms with Gasteiger partial charge in [0.05, 0.1) is 11.9 Å². The van der Waals surface area contributed by atoms with Crippen LogP contribution in [0.25, 0.3) is 11.1 Å². The summed E-state index contributed by atoms with van der Waals surface area (Å²) in [6.45, 7) is 1.28. The third-order valence-electron chi connectivity index (χ3n) is 6.58. The Balaban J connectivity index is 1.14. The van der Waals surface area contributed by atoms with Crippen LogP contribution in [-0.4, -0.2) is 52.7 Å². The molecule has 35 heavy (non-hydrogen) atoms. The number of rotatable bonds is 7. The summed E-state index contributed by atoms with van der Waals surface area (Å²) in [7, 11) is 0. The third-order valence-corrected chi connectivity index (χ3v) is 6.58. The second-order valence-electron chi connectivity index (χ2n) is 8.89. The number of anilines is 1. The zero-order valence-corrected chi connectivity index (χ0v) is 19.0. The molecule has 0 radical (unpaired) electrons. The summed E-state index contributed by atoms with van der Waals surface area (Å²) in [5, 5.41) is 11.4. The van der Waals surface area contributed by atoms with E-state index in [1.54, 1.807) is 17.0 Å². The van der Waals surface area contributed by atoms with Crippen LogP contribution in [0.15, 0.2) is 66.9 Å². The van der Waals surface area contributed by atoms with E-state index >= 15 is 0 Å². The number of fused-ring (bicyclic) bond motifs is 3. The standard InChI is InChI=1S/C27H25N3O5/c31-25(32)12-9-17-14-30(15-17)26(33)24-11-10-18(13-28-24)29-27(34)35-16-23-21-7-3-1-5-19(21)20-6-2-4-8-22(20)23/h1-8,10-11,13,17,23H,9,12,14-16H2,(H,29,34)(H,31,32). The van der Waals surface area contributed by atoms with Crippen LogP contribution in [0.3, 0.4) is 0 Å². The first-order valence-corrected chi connectivity index (χ1v) is 11.6. The number of carbonyl (C=O) groups excluding carboxylic acids is 2. The van der Waals surface area contributed by atoms with Gasteiger partial charge in [-0.1, -0.05) is 48.5 Å². The fraction of sp³-hybridized carbons (Fsp3) is 0.259. The first-order valence-electron chi connectivity index (χ1n) is 11.6. The smallest absolute Gasteiger partial charge is 0.411 e. The van der Waals surface area contributed by atoms with Gasteiger partial charge in [-0.3, -0.25) is 14.9 Å². The van der Waals surface area contributed by atoms with E-state index in [1.807, 2.05) is 24.3 Å². The molecule has 2 N–H and O–H groups in total. The van der Waals surface area contributed by atoms with E-state index in [4.69, 9.17) is 9.84 Å². The SMILES string of the molecule is O=C(O)CCC1CN(C(=O)c2ccc(NC(=O)OCC3c4ccccc4-c4ccccc43)cn2)C1. The fourth-order valence-corrected chi connectivity index (χ4v) is 4.75. The van der Waals surface area contributed by atoms with Crippen molar-refractivity contribution in [3.05, 3.63) is 83.7 Å². The second kappa shape index (κ2) is 9.58. The second-order valence-corrected chi connectivity index (χ2v) is 8.89. The van der Waals surface area contributed by atoms with Crippen molar-refractivity contribution in [3.63, 3.8) is 0 Å². The number of aromatic nitrogens is 1. The van der Waals surface area contributed by atoms with E-state index in [0.29, 0.717) is 25.2 Å². The number of amides is 2. The number of likely N-dealkylation sites (tertiary alicyclic amines) is 1. The van der Waals surface area contributed by atoms with Gasteiger partial charge in [0, 0.05) is 25.4 Å². The molecule has 178 valence electrons. The minimum atomic E-state index is -0.823. The number of carbonyl (C=O) groups is 3. The Morgan fingerprint density at radius 3 is 2.23 bits per heavy atom. The van der Waals surface area contributed by atoms with Crippen LogP contribution in [0.1, 0.15) is 40.4 Å². The lowest BCUT2D eigenvalue weighted by Gasteiger charge is -2.39. The summed E-state index contributed by atoms with van der Waals surface area (Å²) in [6, 6.07) is 19.5. The van der Waals surface area contributed by atoms with Gasteiger partial charge in [-0.2, -0.15) is 0 Å². The number of hydrogen-bond donors (Lipinski definition) is 2. The Kier molecular flexibility index (Phi) is 6.18. The average molecular weight is 472 g/mol. The number of carboxylic acid groups (broad SMARTS) is 1. The van der Waals surface area contributed by atoms with Crippen molar-refractivity contribution in [1.29, 1.82) is 0 Å². The summed E-state index contributed by atoms with van der Waals surface area (Å²) >= 11 is 0. The van der Waals surface area contributed by atoms with E-state index in [9.17, 15) is 14.4 Å². The summed E-state index contributed by atoms with van der Waals surface area (Å²) in [5.41, 5.74) is 5.32. The zero-order chi connectivity index (χ0) is 24.4. The lowest BCUT2D eigenvalue weighted by molar-refractivity contribution is -0.137. The molecule has 1 fully saturated rings. The Morgan fingerprint density at radius 2 is 1.63 bits per heavy atom. The minimum absolute atomic E-state index is 0.0258. The molecule has 2 amide bonds. The van der Waals surface area contributed by atoms with Gasteiger partial charge in [-0.15, -0.1) is 0 Å². The Hall–Kier alpha value is -4.20. The maximum Gasteiger partial charge on any atom is 0.411 e. The number of pyridine rings is 1. The molecule has 0 spiro atoms. The lowest BCUT2D eigenvalue weighted by Crippen LogP contribution is -2.50. The average Bonchev–Trinajstić information content (AvgIpc) is 3.15. The normalized spacial score (nSPS) is 14.6.